The van der Waals surface area contributed by atoms with Crippen molar-refractivity contribution >= 4 is 39.2 Å². The Labute approximate surface area is 252 Å². The van der Waals surface area contributed by atoms with E-state index in [1.54, 1.807) is 0 Å². The first kappa shape index (κ1) is 38.2. The molecule has 6 nitrogen and oxygen atoms in total. The van der Waals surface area contributed by atoms with Crippen molar-refractivity contribution in [2.24, 2.45) is 0 Å². The van der Waals surface area contributed by atoms with Crippen molar-refractivity contribution in [3.8, 4) is 0 Å². The van der Waals surface area contributed by atoms with E-state index < -0.39 is 51.6 Å². The van der Waals surface area contributed by atoms with Crippen LogP contribution in [0.15, 0.2) is 0 Å². The summed E-state index contributed by atoms with van der Waals surface area (Å²) in [5.41, 5.74) is 0. The standard InChI is InChI=1S/C30H66O6Si4/c1-13-37(14-2,15-3)32-25-26-27(34-38(16-4,17-5)18-6)28(35-39(19-7,20-8)21-9)29(30(31)33-26)36-40(22-10,23-11)24-12/h26-29H,13-25H2,1-12H3/t26?,27-,28?,29?/m1/s1. The smallest absolute Gasteiger partial charge is 0.337 e. The maximum Gasteiger partial charge on any atom is 0.337 e. The largest absolute Gasteiger partial charge is 0.455 e. The molecule has 0 radical (unpaired) electrons. The number of rotatable bonds is 21. The normalized spacial score (nSPS) is 22.9. The number of carbonyl (C=O) groups excluding carboxylic acids is 1. The zero-order valence-corrected chi connectivity index (χ0v) is 32.5. The molecular formula is C30H66O6Si4. The number of cyclic esters (lactones) is 1. The Morgan fingerprint density at radius 2 is 0.825 bits per heavy atom. The highest BCUT2D eigenvalue weighted by Crippen LogP contribution is 2.38. The monoisotopic (exact) mass is 634 g/mol. The fourth-order valence-electron chi connectivity index (χ4n) is 6.48. The molecule has 0 amide bonds. The van der Waals surface area contributed by atoms with E-state index in [9.17, 15) is 4.79 Å². The average molecular weight is 635 g/mol. The van der Waals surface area contributed by atoms with Gasteiger partial charge in [0, 0.05) is 0 Å². The van der Waals surface area contributed by atoms with Gasteiger partial charge in [0.15, 0.2) is 45.5 Å². The maximum absolute atomic E-state index is 14.0. The number of hydrogen-bond donors (Lipinski definition) is 0. The van der Waals surface area contributed by atoms with Gasteiger partial charge in [-0.05, 0) is 72.5 Å². The van der Waals surface area contributed by atoms with Gasteiger partial charge in [-0.3, -0.25) is 0 Å². The molecule has 0 aromatic carbocycles. The van der Waals surface area contributed by atoms with E-state index in [0.717, 1.165) is 72.5 Å². The zero-order chi connectivity index (χ0) is 30.6. The van der Waals surface area contributed by atoms with E-state index in [-0.39, 0.29) is 12.1 Å². The molecule has 1 fully saturated rings. The quantitative estimate of drug-likeness (QED) is 0.0927. The van der Waals surface area contributed by atoms with Crippen molar-refractivity contribution in [3.05, 3.63) is 0 Å². The van der Waals surface area contributed by atoms with E-state index >= 15 is 0 Å². The molecule has 1 rings (SSSR count). The minimum Gasteiger partial charge on any atom is -0.455 e. The summed E-state index contributed by atoms with van der Waals surface area (Å²) in [6.45, 7) is 27.3. The molecule has 1 heterocycles. The molecule has 0 aromatic rings. The lowest BCUT2D eigenvalue weighted by molar-refractivity contribution is -0.199. The Morgan fingerprint density at radius 3 is 1.18 bits per heavy atom. The average Bonchev–Trinajstić information content (AvgIpc) is 3.01. The molecule has 0 aromatic heterocycles. The molecule has 3 unspecified atom stereocenters. The molecular weight excluding hydrogens is 569 g/mol. The molecule has 1 aliphatic rings. The lowest BCUT2D eigenvalue weighted by Gasteiger charge is -2.50. The molecule has 0 bridgehead atoms. The number of ether oxygens (including phenoxy) is 1. The SMILES string of the molecule is CC[Si](CC)(CC)OCC1OC(=O)C(O[Si](CC)(CC)CC)C(O[Si](CC)(CC)CC)[C@@H]1O[Si](CC)(CC)CC. The zero-order valence-electron chi connectivity index (χ0n) is 28.5. The van der Waals surface area contributed by atoms with Gasteiger partial charge < -0.3 is 22.4 Å². The molecule has 0 N–H and O–H groups in total. The molecule has 10 heteroatoms. The van der Waals surface area contributed by atoms with Crippen molar-refractivity contribution in [2.45, 2.75) is 180 Å². The molecule has 0 spiro atoms. The van der Waals surface area contributed by atoms with Crippen LogP contribution in [0.2, 0.25) is 72.5 Å². The predicted molar refractivity (Wildman–Crippen MR) is 179 cm³/mol. The molecule has 1 saturated heterocycles. The summed E-state index contributed by atoms with van der Waals surface area (Å²) >= 11 is 0. The van der Waals surface area contributed by atoms with E-state index in [1.165, 1.54) is 0 Å². The van der Waals surface area contributed by atoms with Crippen LogP contribution in [0.3, 0.4) is 0 Å². The van der Waals surface area contributed by atoms with Crippen molar-refractivity contribution in [1.82, 2.24) is 0 Å². The van der Waals surface area contributed by atoms with Gasteiger partial charge in [0.1, 0.15) is 12.2 Å². The lowest BCUT2D eigenvalue weighted by Crippen LogP contribution is -2.66. The third kappa shape index (κ3) is 8.86. The van der Waals surface area contributed by atoms with E-state index in [4.69, 9.17) is 22.4 Å². The van der Waals surface area contributed by atoms with Crippen LogP contribution in [0.1, 0.15) is 83.1 Å². The minimum absolute atomic E-state index is 0.273. The number of esters is 1. The van der Waals surface area contributed by atoms with Crippen molar-refractivity contribution in [2.75, 3.05) is 6.61 Å². The first-order valence-electron chi connectivity index (χ1n) is 16.9. The van der Waals surface area contributed by atoms with Crippen LogP contribution in [0, 0.1) is 0 Å². The fraction of sp³-hybridized carbons (Fsp3) is 0.967. The van der Waals surface area contributed by atoms with Crippen LogP contribution >= 0.6 is 0 Å². The summed E-state index contributed by atoms with van der Waals surface area (Å²) < 4.78 is 34.8. The summed E-state index contributed by atoms with van der Waals surface area (Å²) in [6, 6.07) is 12.2. The van der Waals surface area contributed by atoms with Gasteiger partial charge in [0.25, 0.3) is 0 Å². The van der Waals surface area contributed by atoms with Crippen LogP contribution in [0.4, 0.5) is 0 Å². The molecule has 40 heavy (non-hydrogen) atoms. The van der Waals surface area contributed by atoms with Gasteiger partial charge in [0.05, 0.1) is 6.61 Å². The lowest BCUT2D eigenvalue weighted by atomic mass is 10.0. The molecule has 238 valence electrons. The van der Waals surface area contributed by atoms with E-state index in [1.807, 2.05) is 0 Å². The highest BCUT2D eigenvalue weighted by molar-refractivity contribution is 6.75. The maximum atomic E-state index is 14.0. The summed E-state index contributed by atoms with van der Waals surface area (Å²) in [5, 5.41) is 0. The second kappa shape index (κ2) is 17.5. The summed E-state index contributed by atoms with van der Waals surface area (Å²) in [5.74, 6) is -0.273. The van der Waals surface area contributed by atoms with Gasteiger partial charge >= 0.3 is 5.97 Å². The van der Waals surface area contributed by atoms with Crippen LogP contribution in [0.25, 0.3) is 0 Å². The minimum atomic E-state index is -2.13. The second-order valence-corrected chi connectivity index (χ2v) is 30.9. The molecule has 0 aliphatic carbocycles. The summed E-state index contributed by atoms with van der Waals surface area (Å²) in [7, 11) is -8.20. The highest BCUT2D eigenvalue weighted by Gasteiger charge is 2.55. The second-order valence-electron chi connectivity index (χ2n) is 12.0. The Kier molecular flexibility index (Phi) is 16.7. The van der Waals surface area contributed by atoms with Gasteiger partial charge in [-0.2, -0.15) is 0 Å². The predicted octanol–water partition coefficient (Wildman–Crippen LogP) is 9.10. The summed E-state index contributed by atoms with van der Waals surface area (Å²) in [4.78, 5) is 14.0. The fourth-order valence-corrected chi connectivity index (χ4v) is 17.6. The Hall–Kier alpha value is 0.178. The van der Waals surface area contributed by atoms with Gasteiger partial charge in [0.2, 0.25) is 0 Å². The Morgan fingerprint density at radius 1 is 0.500 bits per heavy atom. The number of hydrogen-bond acceptors (Lipinski definition) is 6. The van der Waals surface area contributed by atoms with E-state index in [2.05, 4.69) is 83.1 Å². The Bertz CT molecular complexity index is 690. The third-order valence-electron chi connectivity index (χ3n) is 10.9. The number of carbonyl (C=O) groups is 1. The first-order valence-corrected chi connectivity index (χ1v) is 27.0. The van der Waals surface area contributed by atoms with Crippen LogP contribution in [0.5, 0.6) is 0 Å². The van der Waals surface area contributed by atoms with Gasteiger partial charge in [-0.25, -0.2) is 4.79 Å². The van der Waals surface area contributed by atoms with Crippen LogP contribution < -0.4 is 0 Å². The molecule has 4 atom stereocenters. The highest BCUT2D eigenvalue weighted by atomic mass is 28.4. The third-order valence-corrected chi connectivity index (χ3v) is 29.5. The Balaban J connectivity index is 3.75. The van der Waals surface area contributed by atoms with Gasteiger partial charge in [-0.1, -0.05) is 83.1 Å². The van der Waals surface area contributed by atoms with E-state index in [0.29, 0.717) is 6.61 Å². The topological polar surface area (TPSA) is 63.2 Å². The van der Waals surface area contributed by atoms with Crippen molar-refractivity contribution in [1.29, 1.82) is 0 Å². The molecule has 1 aliphatic heterocycles. The van der Waals surface area contributed by atoms with Crippen LogP contribution in [-0.4, -0.2) is 70.3 Å². The van der Waals surface area contributed by atoms with Crippen LogP contribution in [-0.2, 0) is 27.2 Å². The van der Waals surface area contributed by atoms with Crippen molar-refractivity contribution in [3.63, 3.8) is 0 Å². The summed E-state index contributed by atoms with van der Waals surface area (Å²) in [6.07, 6.45) is -2.01. The van der Waals surface area contributed by atoms with Crippen molar-refractivity contribution < 1.29 is 27.2 Å². The van der Waals surface area contributed by atoms with Gasteiger partial charge in [-0.15, -0.1) is 0 Å². The first-order chi connectivity index (χ1) is 19.0. The molecule has 0 saturated carbocycles.